The van der Waals surface area contributed by atoms with Crippen LogP contribution in [0.5, 0.6) is 0 Å². The number of hydrogen-bond donors (Lipinski definition) is 1. The van der Waals surface area contributed by atoms with Gasteiger partial charge in [0.1, 0.15) is 0 Å². The number of nitrogens with zero attached hydrogens (tertiary/aromatic N) is 1. The molecule has 2 atom stereocenters. The first-order chi connectivity index (χ1) is 7.93. The third-order valence-corrected chi connectivity index (χ3v) is 4.93. The van der Waals surface area contributed by atoms with E-state index >= 15 is 0 Å². The molecule has 2 unspecified atom stereocenters. The summed E-state index contributed by atoms with van der Waals surface area (Å²) < 4.78 is 0. The fraction of sp³-hybridized carbons (Fsp3) is 0.714. The molecule has 0 radical (unpaired) electrons. The summed E-state index contributed by atoms with van der Waals surface area (Å²) >= 11 is 1.93. The zero-order valence-electron chi connectivity index (χ0n) is 11.4. The van der Waals surface area contributed by atoms with Crippen LogP contribution in [-0.2, 0) is 6.42 Å². The first-order valence-electron chi connectivity index (χ1n) is 6.54. The maximum Gasteiger partial charge on any atom is 0.0598 e. The number of aryl methyl sites for hydroxylation is 1. The summed E-state index contributed by atoms with van der Waals surface area (Å²) in [7, 11) is 0. The molecule has 2 N–H and O–H groups in total. The van der Waals surface area contributed by atoms with E-state index < -0.39 is 0 Å². The molecule has 0 spiro atoms. The van der Waals surface area contributed by atoms with Crippen molar-refractivity contribution in [1.82, 2.24) is 4.90 Å². The van der Waals surface area contributed by atoms with E-state index in [4.69, 9.17) is 5.73 Å². The molecule has 1 aromatic heterocycles. The Morgan fingerprint density at radius 2 is 2.12 bits per heavy atom. The molecule has 3 heteroatoms. The minimum Gasteiger partial charge on any atom is -0.326 e. The molecule has 2 rings (SSSR count). The van der Waals surface area contributed by atoms with Gasteiger partial charge in [-0.2, -0.15) is 0 Å². The summed E-state index contributed by atoms with van der Waals surface area (Å²) in [5, 5.41) is 0. The molecule has 0 bridgehead atoms. The second-order valence-corrected chi connectivity index (χ2v) is 7.12. The van der Waals surface area contributed by atoms with Gasteiger partial charge in [-0.3, -0.25) is 4.90 Å². The van der Waals surface area contributed by atoms with Crippen LogP contribution >= 0.6 is 11.3 Å². The van der Waals surface area contributed by atoms with Crippen molar-refractivity contribution in [2.75, 3.05) is 6.54 Å². The molecule has 1 saturated heterocycles. The second kappa shape index (κ2) is 4.71. The van der Waals surface area contributed by atoms with Crippen LogP contribution in [-0.4, -0.2) is 23.0 Å². The maximum atomic E-state index is 6.31. The highest BCUT2D eigenvalue weighted by Crippen LogP contribution is 2.39. The predicted molar refractivity (Wildman–Crippen MR) is 75.5 cm³/mol. The first kappa shape index (κ1) is 13.1. The van der Waals surface area contributed by atoms with Crippen LogP contribution in [0.15, 0.2) is 12.1 Å². The normalized spacial score (nSPS) is 26.6. The first-order valence-corrected chi connectivity index (χ1v) is 7.36. The Morgan fingerprint density at radius 1 is 1.41 bits per heavy atom. The smallest absolute Gasteiger partial charge is 0.0598 e. The average Bonchev–Trinajstić information content (AvgIpc) is 2.81. The Kier molecular flexibility index (Phi) is 3.62. The number of nitrogens with two attached hydrogens (primary N) is 1. The molecule has 96 valence electrons. The second-order valence-electron chi connectivity index (χ2n) is 5.92. The Morgan fingerprint density at radius 3 is 2.65 bits per heavy atom. The van der Waals surface area contributed by atoms with Crippen LogP contribution in [0, 0.1) is 0 Å². The average molecular weight is 252 g/mol. The number of rotatable bonds is 2. The summed E-state index contributed by atoms with van der Waals surface area (Å²) in [5.74, 6) is 0. The van der Waals surface area contributed by atoms with Crippen molar-refractivity contribution >= 4 is 11.3 Å². The summed E-state index contributed by atoms with van der Waals surface area (Å²) in [6.07, 6.45) is 2.24. The lowest BCUT2D eigenvalue weighted by atomic mass is 10.0. The van der Waals surface area contributed by atoms with Crippen molar-refractivity contribution in [1.29, 1.82) is 0 Å². The molecule has 1 fully saturated rings. The van der Waals surface area contributed by atoms with Gasteiger partial charge in [0.15, 0.2) is 0 Å². The Balaban J connectivity index is 2.27. The third-order valence-electron chi connectivity index (χ3n) is 3.63. The molecule has 2 nitrogen and oxygen atoms in total. The van der Waals surface area contributed by atoms with Gasteiger partial charge in [0, 0.05) is 27.9 Å². The van der Waals surface area contributed by atoms with Gasteiger partial charge in [-0.25, -0.2) is 0 Å². The van der Waals surface area contributed by atoms with Gasteiger partial charge in [-0.1, -0.05) is 6.92 Å². The standard InChI is InChI=1S/C14H24N2S/c1-5-10-6-7-12(17-10)13-11(15)8-9-16(13)14(2,3)4/h6-7,11,13H,5,8-9,15H2,1-4H3. The van der Waals surface area contributed by atoms with Crippen LogP contribution in [0.1, 0.15) is 49.9 Å². The van der Waals surface area contributed by atoms with Crippen LogP contribution < -0.4 is 5.73 Å². The van der Waals surface area contributed by atoms with Gasteiger partial charge in [0.05, 0.1) is 6.04 Å². The van der Waals surface area contributed by atoms with E-state index in [0.29, 0.717) is 6.04 Å². The van der Waals surface area contributed by atoms with Crippen LogP contribution in [0.2, 0.25) is 0 Å². The van der Waals surface area contributed by atoms with Gasteiger partial charge in [0.2, 0.25) is 0 Å². The highest BCUT2D eigenvalue weighted by atomic mass is 32.1. The van der Waals surface area contributed by atoms with Gasteiger partial charge >= 0.3 is 0 Å². The van der Waals surface area contributed by atoms with Crippen molar-refractivity contribution in [3.8, 4) is 0 Å². The van der Waals surface area contributed by atoms with Crippen LogP contribution in [0.4, 0.5) is 0 Å². The largest absolute Gasteiger partial charge is 0.326 e. The van der Waals surface area contributed by atoms with Crippen LogP contribution in [0.3, 0.4) is 0 Å². The minimum absolute atomic E-state index is 0.204. The molecule has 1 aromatic rings. The molecule has 1 aliphatic heterocycles. The van der Waals surface area contributed by atoms with Crippen molar-refractivity contribution in [3.05, 3.63) is 21.9 Å². The molecule has 0 amide bonds. The topological polar surface area (TPSA) is 29.3 Å². The Bertz CT molecular complexity index is 378. The van der Waals surface area contributed by atoms with E-state index in [2.05, 4.69) is 44.7 Å². The number of thiophene rings is 1. The molecular weight excluding hydrogens is 228 g/mol. The van der Waals surface area contributed by atoms with E-state index in [1.54, 1.807) is 0 Å². The molecule has 17 heavy (non-hydrogen) atoms. The number of hydrogen-bond acceptors (Lipinski definition) is 3. The summed E-state index contributed by atoms with van der Waals surface area (Å²) in [6, 6.07) is 5.24. The summed E-state index contributed by atoms with van der Waals surface area (Å²) in [5.41, 5.74) is 6.52. The molecule has 1 aliphatic rings. The molecule has 2 heterocycles. The predicted octanol–water partition coefficient (Wildman–Crippen LogP) is 3.18. The van der Waals surface area contributed by atoms with Crippen molar-refractivity contribution in [2.45, 2.75) is 58.2 Å². The fourth-order valence-electron chi connectivity index (χ4n) is 2.68. The SMILES string of the molecule is CCc1ccc(C2C(N)CCN2C(C)(C)C)s1. The highest BCUT2D eigenvalue weighted by molar-refractivity contribution is 7.12. The molecule has 0 aromatic carbocycles. The lowest BCUT2D eigenvalue weighted by molar-refractivity contribution is 0.119. The lowest BCUT2D eigenvalue weighted by Crippen LogP contribution is -2.43. The van der Waals surface area contributed by atoms with Crippen molar-refractivity contribution in [3.63, 3.8) is 0 Å². The zero-order valence-corrected chi connectivity index (χ0v) is 12.2. The van der Waals surface area contributed by atoms with E-state index in [9.17, 15) is 0 Å². The monoisotopic (exact) mass is 252 g/mol. The van der Waals surface area contributed by atoms with E-state index in [1.807, 2.05) is 11.3 Å². The summed E-state index contributed by atoms with van der Waals surface area (Å²) in [4.78, 5) is 5.47. The molecule has 0 saturated carbocycles. The Hall–Kier alpha value is -0.380. The summed E-state index contributed by atoms with van der Waals surface area (Å²) in [6.45, 7) is 10.2. The quantitative estimate of drug-likeness (QED) is 0.876. The van der Waals surface area contributed by atoms with Gasteiger partial charge in [0.25, 0.3) is 0 Å². The van der Waals surface area contributed by atoms with Gasteiger partial charge in [-0.15, -0.1) is 11.3 Å². The lowest BCUT2D eigenvalue weighted by Gasteiger charge is -2.37. The zero-order chi connectivity index (χ0) is 12.6. The molecular formula is C14H24N2S. The van der Waals surface area contributed by atoms with Gasteiger partial charge in [-0.05, 0) is 45.7 Å². The number of likely N-dealkylation sites (tertiary alicyclic amines) is 1. The Labute approximate surface area is 109 Å². The van der Waals surface area contributed by atoms with E-state index in [1.165, 1.54) is 9.75 Å². The fourth-order valence-corrected chi connectivity index (χ4v) is 3.82. The molecule has 0 aliphatic carbocycles. The van der Waals surface area contributed by atoms with E-state index in [0.717, 1.165) is 19.4 Å². The minimum atomic E-state index is 0.204. The van der Waals surface area contributed by atoms with Crippen molar-refractivity contribution < 1.29 is 0 Å². The van der Waals surface area contributed by atoms with E-state index in [-0.39, 0.29) is 11.6 Å². The third kappa shape index (κ3) is 2.56. The highest BCUT2D eigenvalue weighted by Gasteiger charge is 2.39. The maximum absolute atomic E-state index is 6.31. The van der Waals surface area contributed by atoms with Crippen LogP contribution in [0.25, 0.3) is 0 Å². The van der Waals surface area contributed by atoms with Gasteiger partial charge < -0.3 is 5.73 Å². The van der Waals surface area contributed by atoms with Crippen molar-refractivity contribution in [2.24, 2.45) is 5.73 Å².